The lowest BCUT2D eigenvalue weighted by Crippen LogP contribution is -2.37. The van der Waals surface area contributed by atoms with Crippen LogP contribution in [0.4, 0.5) is 5.69 Å². The van der Waals surface area contributed by atoms with Crippen LogP contribution in [0.3, 0.4) is 0 Å². The molecule has 1 fully saturated rings. The van der Waals surface area contributed by atoms with E-state index in [4.69, 9.17) is 11.6 Å². The Morgan fingerprint density at radius 1 is 1.08 bits per heavy atom. The van der Waals surface area contributed by atoms with Crippen molar-refractivity contribution in [1.29, 1.82) is 0 Å². The molecule has 7 nitrogen and oxygen atoms in total. The summed E-state index contributed by atoms with van der Waals surface area (Å²) in [5, 5.41) is 6.90. The average Bonchev–Trinajstić information content (AvgIpc) is 3.36. The van der Waals surface area contributed by atoms with E-state index in [1.165, 1.54) is 21.7 Å². The van der Waals surface area contributed by atoms with E-state index in [-0.39, 0.29) is 16.7 Å². The van der Waals surface area contributed by atoms with E-state index < -0.39 is 10.0 Å². The molecule has 0 saturated carbocycles. The van der Waals surface area contributed by atoms with Crippen molar-refractivity contribution in [3.63, 3.8) is 0 Å². The largest absolute Gasteiger partial charge is 0.320 e. The monoisotopic (exact) mass is 540 g/mol. The van der Waals surface area contributed by atoms with Crippen molar-refractivity contribution in [2.75, 3.05) is 18.4 Å². The van der Waals surface area contributed by atoms with Crippen LogP contribution in [0.15, 0.2) is 58.8 Å². The molecular formula is C26H25ClN4O3S2. The van der Waals surface area contributed by atoms with Gasteiger partial charge in [-0.05, 0) is 56.5 Å². The Labute approximate surface area is 219 Å². The number of nitrogens with zero attached hydrogens (tertiary/aromatic N) is 3. The number of aromatic nitrogens is 2. The fourth-order valence-corrected chi connectivity index (χ4v) is 7.12. The first-order valence-corrected chi connectivity index (χ1v) is 14.3. The molecule has 0 unspecified atom stereocenters. The molecule has 1 amide bonds. The number of nitrogens with one attached hydrogen (secondary N) is 1. The molecule has 1 N–H and O–H groups in total. The van der Waals surface area contributed by atoms with Crippen molar-refractivity contribution in [1.82, 2.24) is 14.3 Å². The van der Waals surface area contributed by atoms with E-state index in [9.17, 15) is 13.2 Å². The molecule has 3 heterocycles. The van der Waals surface area contributed by atoms with Crippen molar-refractivity contribution in [3.8, 4) is 0 Å². The number of anilines is 1. The summed E-state index contributed by atoms with van der Waals surface area (Å²) in [6.45, 7) is 4.51. The molecule has 10 heteroatoms. The molecule has 0 bridgehead atoms. The zero-order chi connectivity index (χ0) is 25.4. The molecule has 1 saturated heterocycles. The van der Waals surface area contributed by atoms with Crippen LogP contribution in [0, 0.1) is 13.8 Å². The Bertz CT molecular complexity index is 1560. The van der Waals surface area contributed by atoms with Gasteiger partial charge in [0, 0.05) is 40.5 Å². The second-order valence-electron chi connectivity index (χ2n) is 8.94. The molecule has 186 valence electrons. The van der Waals surface area contributed by atoms with Gasteiger partial charge in [0.15, 0.2) is 0 Å². The Balaban J connectivity index is 1.26. The minimum Gasteiger partial charge on any atom is -0.320 e. The summed E-state index contributed by atoms with van der Waals surface area (Å²) in [6.07, 6.45) is 1.28. The fraction of sp³-hybridized carbons (Fsp3) is 0.269. The van der Waals surface area contributed by atoms with E-state index in [0.717, 1.165) is 27.2 Å². The maximum Gasteiger partial charge on any atom is 0.275 e. The number of aryl methyl sites for hydroxylation is 2. The number of carbonyl (C=O) groups is 1. The van der Waals surface area contributed by atoms with Gasteiger partial charge in [0.2, 0.25) is 10.0 Å². The van der Waals surface area contributed by atoms with Crippen LogP contribution in [-0.4, -0.2) is 41.7 Å². The van der Waals surface area contributed by atoms with Crippen LogP contribution in [0.1, 0.15) is 45.5 Å². The van der Waals surface area contributed by atoms with E-state index in [1.807, 2.05) is 44.2 Å². The van der Waals surface area contributed by atoms with Gasteiger partial charge < -0.3 is 5.32 Å². The first-order valence-electron chi connectivity index (χ1n) is 11.6. The number of thiazole rings is 1. The van der Waals surface area contributed by atoms with Gasteiger partial charge in [-0.25, -0.2) is 13.4 Å². The molecule has 0 aliphatic carbocycles. The van der Waals surface area contributed by atoms with E-state index in [0.29, 0.717) is 42.3 Å². The highest BCUT2D eigenvalue weighted by Crippen LogP contribution is 2.33. The zero-order valence-electron chi connectivity index (χ0n) is 19.9. The standard InChI is InChI=1S/C26H25ClN4O3S2/c1-16-7-8-19(14-21(16)27)36(33,34)31-11-9-18(10-12-31)26-30-24(15-35-26)25(32)29-23-13-17(2)28-22-6-4-3-5-20(22)23/h3-8,13-15,18H,9-12H2,1-2H3,(H,28,29,32). The minimum absolute atomic E-state index is 0.105. The molecule has 2 aromatic heterocycles. The zero-order valence-corrected chi connectivity index (χ0v) is 22.3. The summed E-state index contributed by atoms with van der Waals surface area (Å²) in [4.78, 5) is 22.3. The van der Waals surface area contributed by atoms with Gasteiger partial charge in [0.05, 0.1) is 21.1 Å². The molecule has 2 aromatic carbocycles. The number of benzene rings is 2. The molecular weight excluding hydrogens is 516 g/mol. The van der Waals surface area contributed by atoms with Crippen molar-refractivity contribution in [2.45, 2.75) is 37.5 Å². The Morgan fingerprint density at radius 2 is 1.83 bits per heavy atom. The number of para-hydroxylation sites is 1. The van der Waals surface area contributed by atoms with Crippen LogP contribution >= 0.6 is 22.9 Å². The van der Waals surface area contributed by atoms with Gasteiger partial charge in [-0.15, -0.1) is 11.3 Å². The SMILES string of the molecule is Cc1cc(NC(=O)c2csc(C3CCN(S(=O)(=O)c4ccc(C)c(Cl)c4)CC3)n2)c2ccccc2n1. The fourth-order valence-electron chi connectivity index (χ4n) is 4.40. The highest BCUT2D eigenvalue weighted by atomic mass is 35.5. The smallest absolute Gasteiger partial charge is 0.275 e. The minimum atomic E-state index is -3.61. The van der Waals surface area contributed by atoms with Crippen LogP contribution < -0.4 is 5.32 Å². The number of sulfonamides is 1. The number of piperidine rings is 1. The van der Waals surface area contributed by atoms with Crippen LogP contribution in [0.25, 0.3) is 10.9 Å². The maximum atomic E-state index is 13.1. The van der Waals surface area contributed by atoms with E-state index in [2.05, 4.69) is 15.3 Å². The summed E-state index contributed by atoms with van der Waals surface area (Å²) in [5.74, 6) is -0.168. The first kappa shape index (κ1) is 24.8. The van der Waals surface area contributed by atoms with Crippen LogP contribution in [0.5, 0.6) is 0 Å². The average molecular weight is 541 g/mol. The van der Waals surface area contributed by atoms with Gasteiger partial charge in [-0.2, -0.15) is 4.31 Å². The highest BCUT2D eigenvalue weighted by molar-refractivity contribution is 7.89. The summed E-state index contributed by atoms with van der Waals surface area (Å²) in [6, 6.07) is 14.4. The molecule has 0 atom stereocenters. The Morgan fingerprint density at radius 3 is 2.58 bits per heavy atom. The third-order valence-corrected chi connectivity index (χ3v) is 9.74. The van der Waals surface area contributed by atoms with Crippen molar-refractivity contribution in [3.05, 3.63) is 80.9 Å². The van der Waals surface area contributed by atoms with Crippen molar-refractivity contribution in [2.24, 2.45) is 0 Å². The van der Waals surface area contributed by atoms with Gasteiger partial charge in [0.1, 0.15) is 5.69 Å². The maximum absolute atomic E-state index is 13.1. The highest BCUT2D eigenvalue weighted by Gasteiger charge is 2.31. The van der Waals surface area contributed by atoms with Gasteiger partial charge in [0.25, 0.3) is 5.91 Å². The Hall–Kier alpha value is -2.85. The Kier molecular flexibility index (Phi) is 6.82. The number of rotatable bonds is 5. The second-order valence-corrected chi connectivity index (χ2v) is 12.2. The molecule has 36 heavy (non-hydrogen) atoms. The molecule has 5 rings (SSSR count). The predicted molar refractivity (Wildman–Crippen MR) is 143 cm³/mol. The van der Waals surface area contributed by atoms with Crippen LogP contribution in [-0.2, 0) is 10.0 Å². The van der Waals surface area contributed by atoms with Gasteiger partial charge >= 0.3 is 0 Å². The predicted octanol–water partition coefficient (Wildman–Crippen LogP) is 5.78. The normalized spacial score (nSPS) is 15.3. The molecule has 1 aliphatic heterocycles. The number of hydrogen-bond acceptors (Lipinski definition) is 6. The van der Waals surface area contributed by atoms with E-state index in [1.54, 1.807) is 17.5 Å². The lowest BCUT2D eigenvalue weighted by atomic mass is 9.99. The van der Waals surface area contributed by atoms with Crippen molar-refractivity contribution >= 4 is 55.5 Å². The number of carbonyl (C=O) groups excluding carboxylic acids is 1. The van der Waals surface area contributed by atoms with E-state index >= 15 is 0 Å². The number of hydrogen-bond donors (Lipinski definition) is 1. The molecule has 4 aromatic rings. The van der Waals surface area contributed by atoms with Crippen LogP contribution in [0.2, 0.25) is 5.02 Å². The summed E-state index contributed by atoms with van der Waals surface area (Å²) < 4.78 is 27.7. The molecule has 1 aliphatic rings. The molecule has 0 radical (unpaired) electrons. The van der Waals surface area contributed by atoms with Gasteiger partial charge in [-0.1, -0.05) is 35.9 Å². The number of fused-ring (bicyclic) bond motifs is 1. The lowest BCUT2D eigenvalue weighted by molar-refractivity contribution is 0.102. The third-order valence-electron chi connectivity index (χ3n) is 6.43. The summed E-state index contributed by atoms with van der Waals surface area (Å²) >= 11 is 7.59. The number of halogens is 1. The first-order chi connectivity index (χ1) is 17.2. The van der Waals surface area contributed by atoms with Gasteiger partial charge in [-0.3, -0.25) is 9.78 Å². The number of pyridine rings is 1. The third kappa shape index (κ3) is 4.88. The summed E-state index contributed by atoms with van der Waals surface area (Å²) in [5.41, 5.74) is 3.54. The molecule has 0 spiro atoms. The summed E-state index contributed by atoms with van der Waals surface area (Å²) in [7, 11) is -3.61. The topological polar surface area (TPSA) is 92.3 Å². The quantitative estimate of drug-likeness (QED) is 0.346. The number of amides is 1. The second kappa shape index (κ2) is 9.89. The lowest BCUT2D eigenvalue weighted by Gasteiger charge is -2.30. The van der Waals surface area contributed by atoms with Crippen molar-refractivity contribution < 1.29 is 13.2 Å².